The third kappa shape index (κ3) is 3.79. The van der Waals surface area contributed by atoms with E-state index in [2.05, 4.69) is 28.7 Å². The van der Waals surface area contributed by atoms with Crippen LogP contribution in [-0.2, 0) is 0 Å². The van der Waals surface area contributed by atoms with Gasteiger partial charge in [0.1, 0.15) is 0 Å². The van der Waals surface area contributed by atoms with Crippen LogP contribution in [0.3, 0.4) is 0 Å². The van der Waals surface area contributed by atoms with Crippen LogP contribution in [-0.4, -0.2) is 62.3 Å². The number of likely N-dealkylation sites (N-methyl/N-ethyl adjacent to an activating group) is 2. The summed E-state index contributed by atoms with van der Waals surface area (Å²) in [5.41, 5.74) is 0.395. The third-order valence-electron chi connectivity index (χ3n) is 4.21. The van der Waals surface area contributed by atoms with Crippen LogP contribution in [0.25, 0.3) is 10.9 Å². The molecule has 0 aliphatic carbocycles. The van der Waals surface area contributed by atoms with E-state index >= 15 is 0 Å². The standard InChI is InChI=1S/C17H26N4O3/c1-6-21(7-2)9-8-20(3)17-18-13-11-15(24-5)14(23-4)10-12(13)16(22)19-17/h10-11H,6-9H2,1-5H3,(H,18,19,22). The summed E-state index contributed by atoms with van der Waals surface area (Å²) < 4.78 is 10.5. The molecule has 0 spiro atoms. The largest absolute Gasteiger partial charge is 0.493 e. The molecular weight excluding hydrogens is 308 g/mol. The van der Waals surface area contributed by atoms with Crippen LogP contribution in [0, 0.1) is 0 Å². The van der Waals surface area contributed by atoms with Gasteiger partial charge < -0.3 is 19.3 Å². The first-order chi connectivity index (χ1) is 11.5. The Morgan fingerprint density at radius 3 is 2.29 bits per heavy atom. The second-order valence-corrected chi connectivity index (χ2v) is 5.56. The second kappa shape index (κ2) is 8.01. The topological polar surface area (TPSA) is 70.7 Å². The Kier molecular flexibility index (Phi) is 6.03. The fraction of sp³-hybridized carbons (Fsp3) is 0.529. The summed E-state index contributed by atoms with van der Waals surface area (Å²) in [7, 11) is 5.03. The van der Waals surface area contributed by atoms with Crippen LogP contribution in [0.4, 0.5) is 5.95 Å². The zero-order chi connectivity index (χ0) is 17.7. The minimum absolute atomic E-state index is 0.189. The van der Waals surface area contributed by atoms with Crippen molar-refractivity contribution in [1.29, 1.82) is 0 Å². The molecule has 0 bridgehead atoms. The zero-order valence-corrected chi connectivity index (χ0v) is 15.0. The van der Waals surface area contributed by atoms with E-state index in [9.17, 15) is 4.79 Å². The van der Waals surface area contributed by atoms with Crippen molar-refractivity contribution in [3.8, 4) is 11.5 Å². The minimum Gasteiger partial charge on any atom is -0.493 e. The molecule has 2 aromatic rings. The van der Waals surface area contributed by atoms with Gasteiger partial charge in [0, 0.05) is 26.2 Å². The molecule has 7 nitrogen and oxygen atoms in total. The summed E-state index contributed by atoms with van der Waals surface area (Å²) in [5, 5.41) is 0.480. The maximum atomic E-state index is 12.4. The van der Waals surface area contributed by atoms with Crippen molar-refractivity contribution in [2.24, 2.45) is 0 Å². The van der Waals surface area contributed by atoms with E-state index < -0.39 is 0 Å². The first kappa shape index (κ1) is 18.1. The molecule has 7 heteroatoms. The number of fused-ring (bicyclic) bond motifs is 1. The Hall–Kier alpha value is -2.28. The molecule has 24 heavy (non-hydrogen) atoms. The van der Waals surface area contributed by atoms with Crippen molar-refractivity contribution in [3.63, 3.8) is 0 Å². The van der Waals surface area contributed by atoms with Crippen molar-refractivity contribution in [3.05, 3.63) is 22.5 Å². The summed E-state index contributed by atoms with van der Waals surface area (Å²) in [4.78, 5) is 24.1. The van der Waals surface area contributed by atoms with Crippen LogP contribution >= 0.6 is 0 Å². The lowest BCUT2D eigenvalue weighted by Crippen LogP contribution is -2.34. The average molecular weight is 334 g/mol. The Morgan fingerprint density at radius 1 is 1.08 bits per heavy atom. The summed E-state index contributed by atoms with van der Waals surface area (Å²) in [5.74, 6) is 1.62. The predicted octanol–water partition coefficient (Wildman–Crippen LogP) is 1.72. The number of nitrogens with one attached hydrogen (secondary N) is 1. The lowest BCUT2D eigenvalue weighted by atomic mass is 10.2. The van der Waals surface area contributed by atoms with Crippen LogP contribution in [0.15, 0.2) is 16.9 Å². The summed E-state index contributed by atoms with van der Waals surface area (Å²) in [6.45, 7) is 7.98. The molecule has 0 saturated heterocycles. The van der Waals surface area contributed by atoms with E-state index in [1.807, 2.05) is 11.9 Å². The average Bonchev–Trinajstić information content (AvgIpc) is 2.61. The molecule has 132 valence electrons. The van der Waals surface area contributed by atoms with Crippen LogP contribution < -0.4 is 19.9 Å². The highest BCUT2D eigenvalue weighted by molar-refractivity contribution is 5.82. The molecule has 1 aromatic heterocycles. The SMILES string of the molecule is CCN(CC)CCN(C)c1nc2cc(OC)c(OC)cc2c(=O)[nH]1. The van der Waals surface area contributed by atoms with Crippen molar-refractivity contribution < 1.29 is 9.47 Å². The van der Waals surface area contributed by atoms with Crippen LogP contribution in [0.2, 0.25) is 0 Å². The van der Waals surface area contributed by atoms with Gasteiger partial charge in [-0.1, -0.05) is 13.8 Å². The molecule has 1 aromatic carbocycles. The highest BCUT2D eigenvalue weighted by Crippen LogP contribution is 2.30. The van der Waals surface area contributed by atoms with Crippen LogP contribution in [0.5, 0.6) is 11.5 Å². The van der Waals surface area contributed by atoms with Gasteiger partial charge in [-0.2, -0.15) is 0 Å². The maximum absolute atomic E-state index is 12.4. The lowest BCUT2D eigenvalue weighted by Gasteiger charge is -2.23. The van der Waals surface area contributed by atoms with E-state index in [0.717, 1.165) is 26.2 Å². The van der Waals surface area contributed by atoms with E-state index in [1.165, 1.54) is 0 Å². The van der Waals surface area contributed by atoms with Gasteiger partial charge in [-0.05, 0) is 19.2 Å². The van der Waals surface area contributed by atoms with Gasteiger partial charge >= 0.3 is 0 Å². The first-order valence-electron chi connectivity index (χ1n) is 8.13. The summed E-state index contributed by atoms with van der Waals surface area (Å²) >= 11 is 0. The minimum atomic E-state index is -0.189. The number of rotatable bonds is 8. The fourth-order valence-corrected chi connectivity index (χ4v) is 2.57. The number of hydrogen-bond donors (Lipinski definition) is 1. The maximum Gasteiger partial charge on any atom is 0.260 e. The number of ether oxygens (including phenoxy) is 2. The second-order valence-electron chi connectivity index (χ2n) is 5.56. The Labute approximate surface area is 142 Å². The Balaban J connectivity index is 2.33. The molecular formula is C17H26N4O3. The number of methoxy groups -OCH3 is 2. The normalized spacial score (nSPS) is 11.1. The van der Waals surface area contributed by atoms with Gasteiger partial charge in [0.25, 0.3) is 5.56 Å². The number of nitrogens with zero attached hydrogens (tertiary/aromatic N) is 3. The number of hydrogen-bond acceptors (Lipinski definition) is 6. The summed E-state index contributed by atoms with van der Waals surface area (Å²) in [6.07, 6.45) is 0. The van der Waals surface area contributed by atoms with E-state index in [0.29, 0.717) is 28.4 Å². The van der Waals surface area contributed by atoms with Gasteiger partial charge in [0.05, 0.1) is 25.1 Å². The highest BCUT2D eigenvalue weighted by Gasteiger charge is 2.13. The molecule has 0 atom stereocenters. The van der Waals surface area contributed by atoms with Crippen molar-refractivity contribution in [2.75, 3.05) is 52.3 Å². The number of anilines is 1. The molecule has 0 unspecified atom stereocenters. The molecule has 2 rings (SSSR count). The highest BCUT2D eigenvalue weighted by atomic mass is 16.5. The molecule has 0 saturated carbocycles. The Morgan fingerprint density at radius 2 is 1.71 bits per heavy atom. The van der Waals surface area contributed by atoms with Gasteiger partial charge in [0.15, 0.2) is 11.5 Å². The summed E-state index contributed by atoms with van der Waals surface area (Å²) in [6, 6.07) is 3.38. The van der Waals surface area contributed by atoms with Gasteiger partial charge in [0.2, 0.25) is 5.95 Å². The van der Waals surface area contributed by atoms with Crippen molar-refractivity contribution in [1.82, 2.24) is 14.9 Å². The van der Waals surface area contributed by atoms with Crippen LogP contribution in [0.1, 0.15) is 13.8 Å². The monoisotopic (exact) mass is 334 g/mol. The third-order valence-corrected chi connectivity index (χ3v) is 4.21. The molecule has 1 heterocycles. The van der Waals surface area contributed by atoms with Gasteiger partial charge in [-0.15, -0.1) is 0 Å². The van der Waals surface area contributed by atoms with Gasteiger partial charge in [-0.3, -0.25) is 9.78 Å². The van der Waals surface area contributed by atoms with E-state index in [4.69, 9.17) is 9.47 Å². The van der Waals surface area contributed by atoms with E-state index in [-0.39, 0.29) is 5.56 Å². The first-order valence-corrected chi connectivity index (χ1v) is 8.13. The van der Waals surface area contributed by atoms with Crippen molar-refractivity contribution in [2.45, 2.75) is 13.8 Å². The van der Waals surface area contributed by atoms with Crippen molar-refractivity contribution >= 4 is 16.9 Å². The number of aromatic nitrogens is 2. The van der Waals surface area contributed by atoms with Gasteiger partial charge in [-0.25, -0.2) is 4.98 Å². The fourth-order valence-electron chi connectivity index (χ4n) is 2.57. The molecule has 1 N–H and O–H groups in total. The predicted molar refractivity (Wildman–Crippen MR) is 96.5 cm³/mol. The molecule has 0 radical (unpaired) electrons. The molecule has 0 aliphatic rings. The number of aromatic amines is 1. The number of benzene rings is 1. The molecule has 0 amide bonds. The zero-order valence-electron chi connectivity index (χ0n) is 15.0. The quantitative estimate of drug-likeness (QED) is 0.793. The smallest absolute Gasteiger partial charge is 0.260 e. The Bertz CT molecular complexity index is 740. The molecule has 0 fully saturated rings. The number of H-pyrrole nitrogens is 1. The van der Waals surface area contributed by atoms with E-state index in [1.54, 1.807) is 26.4 Å². The molecule has 0 aliphatic heterocycles. The lowest BCUT2D eigenvalue weighted by molar-refractivity contribution is 0.310.